The summed E-state index contributed by atoms with van der Waals surface area (Å²) in [5, 5.41) is 2.63. The summed E-state index contributed by atoms with van der Waals surface area (Å²) < 4.78 is 0. The van der Waals surface area contributed by atoms with Gasteiger partial charge in [-0.1, -0.05) is 133 Å². The van der Waals surface area contributed by atoms with Crippen molar-refractivity contribution in [2.75, 3.05) is 0 Å². The summed E-state index contributed by atoms with van der Waals surface area (Å²) in [5.41, 5.74) is 7.53. The fourth-order valence-electron chi connectivity index (χ4n) is 4.41. The largest absolute Gasteiger partial charge is 0.134 e. The molecule has 0 amide bonds. The van der Waals surface area contributed by atoms with Crippen LogP contribution < -0.4 is 0 Å². The third-order valence-electron chi connectivity index (χ3n) is 6.13. The third kappa shape index (κ3) is 3.77. The highest BCUT2D eigenvalue weighted by molar-refractivity contribution is 7.21. The van der Waals surface area contributed by atoms with Gasteiger partial charge in [0.1, 0.15) is 0 Å². The van der Waals surface area contributed by atoms with E-state index in [2.05, 4.69) is 133 Å². The van der Waals surface area contributed by atoms with E-state index in [1.807, 2.05) is 11.3 Å². The number of fused-ring (bicyclic) bond motifs is 1. The molecule has 0 atom stereocenters. The van der Waals surface area contributed by atoms with Crippen molar-refractivity contribution in [2.24, 2.45) is 0 Å². The molecule has 0 aliphatic heterocycles. The van der Waals surface area contributed by atoms with Gasteiger partial charge in [0.15, 0.2) is 0 Å². The van der Waals surface area contributed by atoms with Gasteiger partial charge >= 0.3 is 0 Å². The lowest BCUT2D eigenvalue weighted by Crippen LogP contribution is -1.78. The summed E-state index contributed by atoms with van der Waals surface area (Å²) in [6, 6.07) is 47.8. The molecule has 6 aromatic rings. The van der Waals surface area contributed by atoms with Crippen LogP contribution in [-0.2, 0) is 0 Å². The van der Waals surface area contributed by atoms with Gasteiger partial charge in [-0.15, -0.1) is 11.3 Å². The van der Waals surface area contributed by atoms with Gasteiger partial charge in [-0.25, -0.2) is 0 Å². The minimum Gasteiger partial charge on any atom is -0.134 e. The van der Waals surface area contributed by atoms with E-state index in [9.17, 15) is 0 Å². The lowest BCUT2D eigenvalue weighted by atomic mass is 10.0. The monoisotopic (exact) mass is 438 g/mol. The Bertz CT molecular complexity index is 1390. The molecule has 0 bridgehead atoms. The zero-order valence-corrected chi connectivity index (χ0v) is 18.9. The molecule has 156 valence electrons. The van der Waals surface area contributed by atoms with Gasteiger partial charge in [-0.05, 0) is 33.4 Å². The van der Waals surface area contributed by atoms with Gasteiger partial charge in [0.25, 0.3) is 0 Å². The Balaban J connectivity index is 1.41. The molecule has 0 aliphatic rings. The average molecular weight is 439 g/mol. The smallest absolute Gasteiger partial charge is 0.0428 e. The third-order valence-corrected chi connectivity index (χ3v) is 7.45. The lowest BCUT2D eigenvalue weighted by molar-refractivity contribution is 1.62. The maximum absolute atomic E-state index is 2.25. The van der Waals surface area contributed by atoms with Crippen molar-refractivity contribution in [2.45, 2.75) is 0 Å². The van der Waals surface area contributed by atoms with Crippen molar-refractivity contribution in [3.63, 3.8) is 0 Å². The van der Waals surface area contributed by atoms with Crippen LogP contribution in [0, 0.1) is 0 Å². The number of thiophene rings is 1. The van der Waals surface area contributed by atoms with E-state index in [0.29, 0.717) is 0 Å². The molecule has 0 saturated heterocycles. The molecule has 1 heterocycles. The summed E-state index contributed by atoms with van der Waals surface area (Å²) in [4.78, 5) is 2.65. The zero-order chi connectivity index (χ0) is 22.0. The normalized spacial score (nSPS) is 11.0. The summed E-state index contributed by atoms with van der Waals surface area (Å²) in [6.07, 6.45) is 0. The van der Waals surface area contributed by atoms with Crippen molar-refractivity contribution in [1.82, 2.24) is 0 Å². The van der Waals surface area contributed by atoms with E-state index >= 15 is 0 Å². The van der Waals surface area contributed by atoms with Gasteiger partial charge in [0.05, 0.1) is 0 Å². The van der Waals surface area contributed by atoms with Gasteiger partial charge in [-0.3, -0.25) is 0 Å². The lowest BCUT2D eigenvalue weighted by Gasteiger charge is -2.04. The van der Waals surface area contributed by atoms with Gasteiger partial charge < -0.3 is 0 Å². The predicted octanol–water partition coefficient (Wildman–Crippen LogP) is 9.57. The van der Waals surface area contributed by atoms with E-state index < -0.39 is 0 Å². The van der Waals surface area contributed by atoms with Crippen molar-refractivity contribution in [3.8, 4) is 43.1 Å². The Hall–Kier alpha value is -3.94. The summed E-state index contributed by atoms with van der Waals surface area (Å²) in [5.74, 6) is 0. The Morgan fingerprint density at radius 3 is 0.970 bits per heavy atom. The Kier molecular flexibility index (Phi) is 5.10. The molecule has 1 heteroatoms. The van der Waals surface area contributed by atoms with E-state index in [4.69, 9.17) is 0 Å². The topological polar surface area (TPSA) is 0 Å². The predicted molar refractivity (Wildman–Crippen MR) is 144 cm³/mol. The molecule has 0 fully saturated rings. The Morgan fingerprint density at radius 2 is 0.576 bits per heavy atom. The summed E-state index contributed by atoms with van der Waals surface area (Å²) in [6.45, 7) is 0. The standard InChI is InChI=1S/C32H22S/c1-3-9-23(10-4-1)25-15-19-27(20-16-25)31-29-13-7-8-14-30(29)32(33-31)28-21-17-26(18-22-28)24-11-5-2-6-12-24/h1-22H. The maximum Gasteiger partial charge on any atom is 0.0428 e. The molecule has 1 aromatic heterocycles. The summed E-state index contributed by atoms with van der Waals surface area (Å²) >= 11 is 1.88. The van der Waals surface area contributed by atoms with Gasteiger partial charge in [0, 0.05) is 20.5 Å². The number of hydrogen-bond acceptors (Lipinski definition) is 1. The first-order valence-electron chi connectivity index (χ1n) is 11.2. The molecule has 0 unspecified atom stereocenters. The van der Waals surface area contributed by atoms with Gasteiger partial charge in [-0.2, -0.15) is 0 Å². The SMILES string of the molecule is c1ccc(-c2ccc(-c3sc(-c4ccc(-c5ccccc5)cc4)c4ccccc34)cc2)cc1. The van der Waals surface area contributed by atoms with Crippen LogP contribution >= 0.6 is 11.3 Å². The molecular formula is C32H22S. The van der Waals surface area contributed by atoms with Crippen LogP contribution in [0.25, 0.3) is 53.9 Å². The highest BCUT2D eigenvalue weighted by atomic mass is 32.1. The van der Waals surface area contributed by atoms with Crippen molar-refractivity contribution < 1.29 is 0 Å². The van der Waals surface area contributed by atoms with Crippen LogP contribution in [0.15, 0.2) is 133 Å². The fourth-order valence-corrected chi connectivity index (χ4v) is 5.70. The van der Waals surface area contributed by atoms with E-state index in [-0.39, 0.29) is 0 Å². The van der Waals surface area contributed by atoms with Crippen LogP contribution in [0.4, 0.5) is 0 Å². The van der Waals surface area contributed by atoms with Crippen LogP contribution in [0.5, 0.6) is 0 Å². The zero-order valence-electron chi connectivity index (χ0n) is 18.1. The molecular weight excluding hydrogens is 416 g/mol. The second-order valence-corrected chi connectivity index (χ2v) is 9.21. The average Bonchev–Trinajstić information content (AvgIpc) is 3.30. The Labute approximate surface area is 198 Å². The molecule has 0 spiro atoms. The highest BCUT2D eigenvalue weighted by Gasteiger charge is 2.14. The molecule has 0 radical (unpaired) electrons. The molecule has 6 rings (SSSR count). The first-order chi connectivity index (χ1) is 16.4. The van der Waals surface area contributed by atoms with E-state index in [0.717, 1.165) is 0 Å². The first-order valence-corrected chi connectivity index (χ1v) is 12.0. The molecule has 0 nitrogen and oxygen atoms in total. The van der Waals surface area contributed by atoms with Gasteiger partial charge in [0.2, 0.25) is 0 Å². The second-order valence-electron chi connectivity index (χ2n) is 8.19. The molecule has 0 N–H and O–H groups in total. The Morgan fingerprint density at radius 1 is 0.273 bits per heavy atom. The van der Waals surface area contributed by atoms with Crippen LogP contribution in [-0.4, -0.2) is 0 Å². The molecule has 33 heavy (non-hydrogen) atoms. The van der Waals surface area contributed by atoms with Crippen LogP contribution in [0.3, 0.4) is 0 Å². The van der Waals surface area contributed by atoms with Crippen molar-refractivity contribution >= 4 is 22.1 Å². The van der Waals surface area contributed by atoms with E-state index in [1.165, 1.54) is 53.9 Å². The molecule has 0 saturated carbocycles. The highest BCUT2D eigenvalue weighted by Crippen LogP contribution is 2.44. The second kappa shape index (κ2) is 8.54. The summed E-state index contributed by atoms with van der Waals surface area (Å²) in [7, 11) is 0. The van der Waals surface area contributed by atoms with E-state index in [1.54, 1.807) is 0 Å². The number of benzene rings is 5. The van der Waals surface area contributed by atoms with Crippen LogP contribution in [0.1, 0.15) is 0 Å². The molecule has 5 aromatic carbocycles. The fraction of sp³-hybridized carbons (Fsp3) is 0. The quantitative estimate of drug-likeness (QED) is 0.257. The maximum atomic E-state index is 2.25. The minimum atomic E-state index is 1.25. The first kappa shape index (κ1) is 19.7. The number of hydrogen-bond donors (Lipinski definition) is 0. The van der Waals surface area contributed by atoms with Crippen molar-refractivity contribution in [3.05, 3.63) is 133 Å². The molecule has 0 aliphatic carbocycles. The number of rotatable bonds is 4. The van der Waals surface area contributed by atoms with Crippen molar-refractivity contribution in [1.29, 1.82) is 0 Å². The minimum absolute atomic E-state index is 1.25. The van der Waals surface area contributed by atoms with Crippen LogP contribution in [0.2, 0.25) is 0 Å².